The van der Waals surface area contributed by atoms with Crippen molar-refractivity contribution in [2.75, 3.05) is 26.5 Å². The van der Waals surface area contributed by atoms with Crippen LogP contribution < -0.4 is 5.32 Å². The highest BCUT2D eigenvalue weighted by atomic mass is 16.6. The minimum Gasteiger partial charge on any atom is -0.444 e. The molecule has 2 rings (SSSR count). The average Bonchev–Trinajstić information content (AvgIpc) is 2.65. The van der Waals surface area contributed by atoms with Crippen LogP contribution in [0.15, 0.2) is 48.5 Å². The molecule has 1 N–H and O–H groups in total. The molecule has 1 amide bonds. The van der Waals surface area contributed by atoms with Crippen molar-refractivity contribution >= 4 is 23.3 Å². The Morgan fingerprint density at radius 3 is 2.35 bits per heavy atom. The maximum Gasteiger partial charge on any atom is 0.339 e. The van der Waals surface area contributed by atoms with Crippen molar-refractivity contribution in [1.82, 2.24) is 4.90 Å². The highest BCUT2D eigenvalue weighted by Gasteiger charge is 2.28. The second kappa shape index (κ2) is 8.11. The predicted octanol–water partition coefficient (Wildman–Crippen LogP) is 2.62. The first-order chi connectivity index (χ1) is 12.3. The van der Waals surface area contributed by atoms with Gasteiger partial charge in [-0.1, -0.05) is 30.3 Å². The summed E-state index contributed by atoms with van der Waals surface area (Å²) < 4.78 is 5.38. The van der Waals surface area contributed by atoms with Gasteiger partial charge in [-0.05, 0) is 12.1 Å². The summed E-state index contributed by atoms with van der Waals surface area (Å²) in [5.41, 5.74) is 0.525. The molecule has 0 fully saturated rings. The Kier molecular flexibility index (Phi) is 5.90. The van der Waals surface area contributed by atoms with Crippen molar-refractivity contribution in [3.8, 4) is 0 Å². The van der Waals surface area contributed by atoms with Crippen molar-refractivity contribution < 1.29 is 19.2 Å². The molecule has 1 atom stereocenters. The fourth-order valence-corrected chi connectivity index (χ4v) is 2.32. The quantitative estimate of drug-likeness (QED) is 0.484. The number of nitrogens with zero attached hydrogens (tertiary/aromatic N) is 2. The zero-order valence-electron chi connectivity index (χ0n) is 14.6. The van der Waals surface area contributed by atoms with Gasteiger partial charge in [-0.2, -0.15) is 0 Å². The average molecular weight is 357 g/mol. The Hall–Kier alpha value is -3.42. The van der Waals surface area contributed by atoms with Crippen molar-refractivity contribution in [3.63, 3.8) is 0 Å². The molecule has 26 heavy (non-hydrogen) atoms. The van der Waals surface area contributed by atoms with Gasteiger partial charge >= 0.3 is 5.97 Å². The lowest BCUT2D eigenvalue weighted by molar-refractivity contribution is -0.384. The van der Waals surface area contributed by atoms with E-state index in [0.717, 1.165) is 6.07 Å². The highest BCUT2D eigenvalue weighted by Crippen LogP contribution is 2.27. The van der Waals surface area contributed by atoms with E-state index in [9.17, 15) is 19.7 Å². The molecule has 0 saturated carbocycles. The zero-order chi connectivity index (χ0) is 19.3. The topological polar surface area (TPSA) is 102 Å². The molecule has 0 radical (unpaired) electrons. The Labute approximate surface area is 150 Å². The van der Waals surface area contributed by atoms with Gasteiger partial charge in [0.1, 0.15) is 5.69 Å². The number of nitro groups is 1. The first-order valence-corrected chi connectivity index (χ1v) is 7.78. The van der Waals surface area contributed by atoms with Gasteiger partial charge in [-0.15, -0.1) is 0 Å². The van der Waals surface area contributed by atoms with Gasteiger partial charge in [0, 0.05) is 32.8 Å². The lowest BCUT2D eigenvalue weighted by Crippen LogP contribution is -2.31. The number of amides is 1. The van der Waals surface area contributed by atoms with Crippen LogP contribution >= 0.6 is 0 Å². The third-order valence-electron chi connectivity index (χ3n) is 3.69. The molecule has 0 bridgehead atoms. The molecule has 0 aromatic heterocycles. The number of hydrogen-bond donors (Lipinski definition) is 1. The second-order valence-electron chi connectivity index (χ2n) is 5.67. The molecular weight excluding hydrogens is 338 g/mol. The molecule has 2 aromatic rings. The predicted molar refractivity (Wildman–Crippen MR) is 95.9 cm³/mol. The van der Waals surface area contributed by atoms with Crippen LogP contribution in [0.25, 0.3) is 0 Å². The van der Waals surface area contributed by atoms with E-state index in [2.05, 4.69) is 5.32 Å². The molecule has 8 nitrogen and oxygen atoms in total. The van der Waals surface area contributed by atoms with Gasteiger partial charge in [0.05, 0.1) is 10.5 Å². The van der Waals surface area contributed by atoms with E-state index in [1.165, 1.54) is 17.0 Å². The summed E-state index contributed by atoms with van der Waals surface area (Å²) in [4.78, 5) is 36.8. The Morgan fingerprint density at radius 2 is 1.81 bits per heavy atom. The van der Waals surface area contributed by atoms with E-state index < -0.39 is 22.9 Å². The van der Waals surface area contributed by atoms with E-state index in [1.807, 2.05) is 0 Å². The summed E-state index contributed by atoms with van der Waals surface area (Å²) in [7, 11) is 4.65. The third-order valence-corrected chi connectivity index (χ3v) is 3.69. The van der Waals surface area contributed by atoms with E-state index in [4.69, 9.17) is 4.74 Å². The second-order valence-corrected chi connectivity index (χ2v) is 5.67. The number of esters is 1. The number of nitrogens with one attached hydrogen (secondary N) is 1. The molecule has 0 aliphatic rings. The monoisotopic (exact) mass is 357 g/mol. The number of ether oxygens (including phenoxy) is 1. The van der Waals surface area contributed by atoms with Gasteiger partial charge < -0.3 is 15.0 Å². The maximum atomic E-state index is 12.5. The Morgan fingerprint density at radius 1 is 1.15 bits per heavy atom. The number of hydrogen-bond acceptors (Lipinski definition) is 6. The number of anilines is 1. The van der Waals surface area contributed by atoms with Crippen LogP contribution in [0.4, 0.5) is 11.4 Å². The van der Waals surface area contributed by atoms with Gasteiger partial charge in [0.15, 0.2) is 0 Å². The number of benzene rings is 2. The minimum absolute atomic E-state index is 0.0109. The summed E-state index contributed by atoms with van der Waals surface area (Å²) in [5.74, 6) is -1.23. The molecule has 0 spiro atoms. The number of carbonyl (C=O) groups is 2. The number of carbonyl (C=O) groups excluding carboxylic acids is 2. The van der Waals surface area contributed by atoms with E-state index in [-0.39, 0.29) is 16.9 Å². The van der Waals surface area contributed by atoms with Gasteiger partial charge in [0.2, 0.25) is 6.10 Å². The molecule has 2 aromatic carbocycles. The SMILES string of the molecule is CNc1ccc(C(=O)O[C@@H](C(=O)N(C)C)c2ccccc2)cc1[N+](=O)[O-]. The van der Waals surface area contributed by atoms with Gasteiger partial charge in [-0.25, -0.2) is 4.79 Å². The summed E-state index contributed by atoms with van der Waals surface area (Å²) >= 11 is 0. The summed E-state index contributed by atoms with van der Waals surface area (Å²) in [6, 6.07) is 12.5. The summed E-state index contributed by atoms with van der Waals surface area (Å²) in [6.45, 7) is 0. The Balaban J connectivity index is 2.34. The van der Waals surface area contributed by atoms with Gasteiger partial charge in [-0.3, -0.25) is 14.9 Å². The molecule has 8 heteroatoms. The smallest absolute Gasteiger partial charge is 0.339 e. The molecule has 0 saturated heterocycles. The van der Waals surface area contributed by atoms with Crippen LogP contribution in [0.2, 0.25) is 0 Å². The fourth-order valence-electron chi connectivity index (χ4n) is 2.32. The van der Waals surface area contributed by atoms with Crippen molar-refractivity contribution in [1.29, 1.82) is 0 Å². The molecule has 0 unspecified atom stereocenters. The summed E-state index contributed by atoms with van der Waals surface area (Å²) in [6.07, 6.45) is -1.14. The normalized spacial score (nSPS) is 11.3. The van der Waals surface area contributed by atoms with Crippen LogP contribution in [-0.4, -0.2) is 42.8 Å². The van der Waals surface area contributed by atoms with E-state index >= 15 is 0 Å². The zero-order valence-corrected chi connectivity index (χ0v) is 14.6. The van der Waals surface area contributed by atoms with Crippen LogP contribution in [0, 0.1) is 10.1 Å². The van der Waals surface area contributed by atoms with Crippen LogP contribution in [0.5, 0.6) is 0 Å². The van der Waals surface area contributed by atoms with E-state index in [0.29, 0.717) is 5.56 Å². The van der Waals surface area contributed by atoms with Crippen LogP contribution in [0.1, 0.15) is 22.0 Å². The third kappa shape index (κ3) is 4.15. The number of likely N-dealkylation sites (N-methyl/N-ethyl adjacent to an activating group) is 1. The maximum absolute atomic E-state index is 12.5. The molecule has 136 valence electrons. The Bertz CT molecular complexity index is 821. The first kappa shape index (κ1) is 18.9. The van der Waals surface area contributed by atoms with Crippen LogP contribution in [-0.2, 0) is 9.53 Å². The van der Waals surface area contributed by atoms with Crippen molar-refractivity contribution in [3.05, 3.63) is 69.8 Å². The minimum atomic E-state index is -1.14. The first-order valence-electron chi connectivity index (χ1n) is 7.78. The highest BCUT2D eigenvalue weighted by molar-refractivity contribution is 5.94. The molecular formula is C18H19N3O5. The summed E-state index contributed by atoms with van der Waals surface area (Å²) in [5, 5.41) is 13.8. The standard InChI is InChI=1S/C18H19N3O5/c1-19-14-10-9-13(11-15(14)21(24)25)18(23)26-16(17(22)20(2)3)12-7-5-4-6-8-12/h4-11,16,19H,1-3H3/t16-/m1/s1. The van der Waals surface area contributed by atoms with Crippen molar-refractivity contribution in [2.45, 2.75) is 6.10 Å². The number of rotatable bonds is 6. The van der Waals surface area contributed by atoms with E-state index in [1.54, 1.807) is 51.5 Å². The van der Waals surface area contributed by atoms with Gasteiger partial charge in [0.25, 0.3) is 11.6 Å². The number of nitro benzene ring substituents is 1. The molecule has 0 aliphatic carbocycles. The lowest BCUT2D eigenvalue weighted by Gasteiger charge is -2.21. The molecule has 0 heterocycles. The lowest BCUT2D eigenvalue weighted by atomic mass is 10.1. The molecule has 0 aliphatic heterocycles. The van der Waals surface area contributed by atoms with Crippen LogP contribution in [0.3, 0.4) is 0 Å². The van der Waals surface area contributed by atoms with Crippen molar-refractivity contribution in [2.24, 2.45) is 0 Å². The largest absolute Gasteiger partial charge is 0.444 e. The fraction of sp³-hybridized carbons (Fsp3) is 0.222.